The molecule has 0 aliphatic carbocycles. The van der Waals surface area contributed by atoms with E-state index in [-0.39, 0.29) is 6.42 Å². The molecule has 1 rings (SSSR count). The van der Waals surface area contributed by atoms with Crippen LogP contribution >= 0.6 is 0 Å². The molecule has 1 aromatic heterocycles. The first-order valence-electron chi connectivity index (χ1n) is 4.21. The van der Waals surface area contributed by atoms with E-state index in [0.29, 0.717) is 12.8 Å². The Hall–Kier alpha value is -1.46. The van der Waals surface area contributed by atoms with Gasteiger partial charge >= 0.3 is 5.97 Å². The number of nitrogens with zero attached hydrogens (tertiary/aromatic N) is 4. The minimum Gasteiger partial charge on any atom is -0.481 e. The molecule has 0 unspecified atom stereocenters. The third-order valence-electron chi connectivity index (χ3n) is 1.70. The molecule has 0 saturated carbocycles. The van der Waals surface area contributed by atoms with E-state index >= 15 is 0 Å². The fraction of sp³-hybridized carbons (Fsp3) is 0.714. The van der Waals surface area contributed by atoms with Crippen molar-refractivity contribution < 1.29 is 9.90 Å². The molecule has 6 heteroatoms. The van der Waals surface area contributed by atoms with E-state index in [0.717, 1.165) is 12.4 Å². The lowest BCUT2D eigenvalue weighted by atomic mass is 10.2. The van der Waals surface area contributed by atoms with Crippen molar-refractivity contribution in [2.45, 2.75) is 32.7 Å². The largest absolute Gasteiger partial charge is 0.481 e. The number of carboxylic acid groups (broad SMARTS) is 1. The summed E-state index contributed by atoms with van der Waals surface area (Å²) in [6.45, 7) is 2.66. The molecule has 0 atom stereocenters. The summed E-state index contributed by atoms with van der Waals surface area (Å²) in [7, 11) is 0. The van der Waals surface area contributed by atoms with Gasteiger partial charge < -0.3 is 5.11 Å². The number of aromatic nitrogens is 4. The molecule has 72 valence electrons. The van der Waals surface area contributed by atoms with Gasteiger partial charge in [0.15, 0.2) is 5.82 Å². The zero-order valence-corrected chi connectivity index (χ0v) is 7.47. The van der Waals surface area contributed by atoms with Gasteiger partial charge in [-0.3, -0.25) is 4.79 Å². The molecule has 6 nitrogen and oxygen atoms in total. The molecule has 0 amide bonds. The van der Waals surface area contributed by atoms with E-state index in [2.05, 4.69) is 15.5 Å². The topological polar surface area (TPSA) is 80.9 Å². The fourth-order valence-electron chi connectivity index (χ4n) is 1.05. The predicted octanol–water partition coefficient (Wildman–Crippen LogP) is 0.100. The number of aryl methyl sites for hydroxylation is 2. The first-order valence-corrected chi connectivity index (χ1v) is 4.21. The second kappa shape index (κ2) is 4.54. The minimum absolute atomic E-state index is 0.163. The highest BCUT2D eigenvalue weighted by Crippen LogP contribution is 1.99. The van der Waals surface area contributed by atoms with Crippen LogP contribution in [0.4, 0.5) is 0 Å². The Labute approximate surface area is 75.6 Å². The number of aliphatic carboxylic acids is 1. The molecule has 13 heavy (non-hydrogen) atoms. The second-order valence-corrected chi connectivity index (χ2v) is 2.66. The van der Waals surface area contributed by atoms with E-state index in [4.69, 9.17) is 5.11 Å². The summed E-state index contributed by atoms with van der Waals surface area (Å²) in [6, 6.07) is 0. The standard InChI is InChI=1S/C7H12N4O2/c1-2-11-6(8-9-10-11)4-3-5-7(12)13/h2-5H2,1H3,(H,12,13). The maximum Gasteiger partial charge on any atom is 0.303 e. The number of hydrogen-bond donors (Lipinski definition) is 1. The lowest BCUT2D eigenvalue weighted by Crippen LogP contribution is -2.05. The summed E-state index contributed by atoms with van der Waals surface area (Å²) < 4.78 is 1.67. The van der Waals surface area contributed by atoms with Gasteiger partial charge in [-0.15, -0.1) is 5.10 Å². The van der Waals surface area contributed by atoms with Crippen LogP contribution in [0.1, 0.15) is 25.6 Å². The molecule has 0 saturated heterocycles. The Morgan fingerprint density at radius 3 is 3.00 bits per heavy atom. The molecule has 1 heterocycles. The average molecular weight is 184 g/mol. The number of carbonyl (C=O) groups is 1. The highest BCUT2D eigenvalue weighted by atomic mass is 16.4. The number of rotatable bonds is 5. The first-order chi connectivity index (χ1) is 6.24. The van der Waals surface area contributed by atoms with Crippen LogP contribution < -0.4 is 0 Å². The van der Waals surface area contributed by atoms with Crippen LogP contribution in [-0.2, 0) is 17.8 Å². The highest BCUT2D eigenvalue weighted by Gasteiger charge is 2.04. The van der Waals surface area contributed by atoms with E-state index in [1.165, 1.54) is 0 Å². The van der Waals surface area contributed by atoms with Crippen LogP contribution in [0.15, 0.2) is 0 Å². The zero-order chi connectivity index (χ0) is 9.68. The number of hydrogen-bond acceptors (Lipinski definition) is 4. The molecule has 0 fully saturated rings. The van der Waals surface area contributed by atoms with Crippen LogP contribution in [0.2, 0.25) is 0 Å². The van der Waals surface area contributed by atoms with Crippen molar-refractivity contribution in [3.05, 3.63) is 5.82 Å². The Morgan fingerprint density at radius 1 is 1.62 bits per heavy atom. The molecular weight excluding hydrogens is 172 g/mol. The Morgan fingerprint density at radius 2 is 2.38 bits per heavy atom. The summed E-state index contributed by atoms with van der Waals surface area (Å²) in [6.07, 6.45) is 1.36. The van der Waals surface area contributed by atoms with Crippen molar-refractivity contribution in [3.63, 3.8) is 0 Å². The maximum atomic E-state index is 10.2. The summed E-state index contributed by atoms with van der Waals surface area (Å²) in [5, 5.41) is 19.4. The monoisotopic (exact) mass is 184 g/mol. The molecule has 0 bridgehead atoms. The Kier molecular flexibility index (Phi) is 3.36. The van der Waals surface area contributed by atoms with Gasteiger partial charge in [-0.05, 0) is 23.8 Å². The fourth-order valence-corrected chi connectivity index (χ4v) is 1.05. The van der Waals surface area contributed by atoms with Gasteiger partial charge in [0.2, 0.25) is 0 Å². The van der Waals surface area contributed by atoms with Gasteiger partial charge in [0.05, 0.1) is 0 Å². The van der Waals surface area contributed by atoms with Crippen LogP contribution in [0.3, 0.4) is 0 Å². The molecule has 0 spiro atoms. The molecule has 1 aromatic rings. The Bertz CT molecular complexity index is 284. The number of carboxylic acids is 1. The number of tetrazole rings is 1. The lowest BCUT2D eigenvalue weighted by molar-refractivity contribution is -0.137. The molecule has 1 N–H and O–H groups in total. The highest BCUT2D eigenvalue weighted by molar-refractivity contribution is 5.66. The van der Waals surface area contributed by atoms with E-state index in [9.17, 15) is 4.79 Å². The van der Waals surface area contributed by atoms with Gasteiger partial charge in [-0.25, -0.2) is 4.68 Å². The molecule has 0 aliphatic rings. The maximum absolute atomic E-state index is 10.2. The van der Waals surface area contributed by atoms with Crippen molar-refractivity contribution in [2.24, 2.45) is 0 Å². The van der Waals surface area contributed by atoms with Gasteiger partial charge in [0, 0.05) is 19.4 Å². The summed E-state index contributed by atoms with van der Waals surface area (Å²) in [5.41, 5.74) is 0. The molecule has 0 radical (unpaired) electrons. The first kappa shape index (κ1) is 9.63. The van der Waals surface area contributed by atoms with Crippen LogP contribution in [-0.4, -0.2) is 31.3 Å². The van der Waals surface area contributed by atoms with Gasteiger partial charge in [0.1, 0.15) is 0 Å². The SMILES string of the molecule is CCn1nnnc1CCCC(=O)O. The molecule has 0 aliphatic heterocycles. The van der Waals surface area contributed by atoms with Crippen molar-refractivity contribution in [3.8, 4) is 0 Å². The minimum atomic E-state index is -0.782. The Balaban J connectivity index is 2.40. The molecular formula is C7H12N4O2. The smallest absolute Gasteiger partial charge is 0.303 e. The van der Waals surface area contributed by atoms with Gasteiger partial charge in [0.25, 0.3) is 0 Å². The van der Waals surface area contributed by atoms with E-state index in [1.807, 2.05) is 6.92 Å². The average Bonchev–Trinajstić information content (AvgIpc) is 2.51. The van der Waals surface area contributed by atoms with E-state index < -0.39 is 5.97 Å². The summed E-state index contributed by atoms with van der Waals surface area (Å²) in [4.78, 5) is 10.2. The van der Waals surface area contributed by atoms with Gasteiger partial charge in [-0.1, -0.05) is 0 Å². The van der Waals surface area contributed by atoms with Crippen LogP contribution in [0.5, 0.6) is 0 Å². The normalized spacial score (nSPS) is 10.2. The van der Waals surface area contributed by atoms with E-state index in [1.54, 1.807) is 4.68 Å². The van der Waals surface area contributed by atoms with Crippen molar-refractivity contribution in [2.75, 3.05) is 0 Å². The summed E-state index contributed by atoms with van der Waals surface area (Å²) in [5.74, 6) is -0.0285. The van der Waals surface area contributed by atoms with Gasteiger partial charge in [-0.2, -0.15) is 0 Å². The van der Waals surface area contributed by atoms with Crippen molar-refractivity contribution in [1.29, 1.82) is 0 Å². The van der Waals surface area contributed by atoms with Crippen LogP contribution in [0, 0.1) is 0 Å². The summed E-state index contributed by atoms with van der Waals surface area (Å²) >= 11 is 0. The second-order valence-electron chi connectivity index (χ2n) is 2.66. The quantitative estimate of drug-likeness (QED) is 0.701. The lowest BCUT2D eigenvalue weighted by Gasteiger charge is -1.98. The van der Waals surface area contributed by atoms with Crippen LogP contribution in [0.25, 0.3) is 0 Å². The predicted molar refractivity (Wildman–Crippen MR) is 44.1 cm³/mol. The van der Waals surface area contributed by atoms with Crippen molar-refractivity contribution >= 4 is 5.97 Å². The third-order valence-corrected chi connectivity index (χ3v) is 1.70. The molecule has 0 aromatic carbocycles. The van der Waals surface area contributed by atoms with Crippen molar-refractivity contribution in [1.82, 2.24) is 20.2 Å². The third kappa shape index (κ3) is 2.81. The zero-order valence-electron chi connectivity index (χ0n) is 7.47.